The van der Waals surface area contributed by atoms with Gasteiger partial charge in [0.15, 0.2) is 6.10 Å². The molecule has 280 valence electrons. The third-order valence-corrected chi connectivity index (χ3v) is 8.63. The molecular formula is C38H70NO8P. The van der Waals surface area contributed by atoms with Crippen molar-refractivity contribution in [1.29, 1.82) is 0 Å². The normalized spacial score (nSPS) is 14.2. The molecule has 0 heterocycles. The molecule has 0 aliphatic rings. The van der Waals surface area contributed by atoms with Crippen molar-refractivity contribution in [1.82, 2.24) is 0 Å². The van der Waals surface area contributed by atoms with Gasteiger partial charge in [-0.15, -0.1) is 0 Å². The Hall–Kier alpha value is -1.77. The van der Waals surface area contributed by atoms with Crippen LogP contribution in [-0.2, 0) is 32.7 Å². The second-order valence-corrected chi connectivity index (χ2v) is 15.0. The van der Waals surface area contributed by atoms with Gasteiger partial charge in [0.25, 0.3) is 7.82 Å². The molecule has 0 aromatic carbocycles. The lowest BCUT2D eigenvalue weighted by Crippen LogP contribution is -2.37. The van der Waals surface area contributed by atoms with Crippen LogP contribution in [0.5, 0.6) is 0 Å². The minimum absolute atomic E-state index is 0.0341. The van der Waals surface area contributed by atoms with E-state index in [2.05, 4.69) is 50.3 Å². The zero-order valence-electron chi connectivity index (χ0n) is 31.2. The lowest BCUT2D eigenvalue weighted by Gasteiger charge is -2.28. The second kappa shape index (κ2) is 31.2. The minimum atomic E-state index is -4.61. The summed E-state index contributed by atoms with van der Waals surface area (Å²) in [5.74, 6) is -0.867. The van der Waals surface area contributed by atoms with Crippen LogP contribution in [0.25, 0.3) is 0 Å². The predicted octanol–water partition coefficient (Wildman–Crippen LogP) is 9.16. The molecule has 0 radical (unpaired) electrons. The summed E-state index contributed by atoms with van der Waals surface area (Å²) < 4.78 is 33.5. The van der Waals surface area contributed by atoms with Gasteiger partial charge in [-0.1, -0.05) is 115 Å². The number of quaternary nitrogens is 1. The van der Waals surface area contributed by atoms with Crippen LogP contribution < -0.4 is 4.89 Å². The number of carbonyl (C=O) groups is 2. The van der Waals surface area contributed by atoms with Gasteiger partial charge in [0.2, 0.25) is 0 Å². The van der Waals surface area contributed by atoms with E-state index >= 15 is 0 Å². The van der Waals surface area contributed by atoms with Crippen molar-refractivity contribution >= 4 is 19.8 Å². The quantitative estimate of drug-likeness (QED) is 0.0219. The van der Waals surface area contributed by atoms with E-state index in [1.807, 2.05) is 21.1 Å². The van der Waals surface area contributed by atoms with Crippen LogP contribution in [0.4, 0.5) is 0 Å². The fraction of sp³-hybridized carbons (Fsp3) is 0.789. The highest BCUT2D eigenvalue weighted by atomic mass is 31.2. The summed E-state index contributed by atoms with van der Waals surface area (Å²) in [6, 6.07) is 0. The lowest BCUT2D eigenvalue weighted by atomic mass is 10.1. The molecule has 2 atom stereocenters. The van der Waals surface area contributed by atoms with Gasteiger partial charge in [0.05, 0.1) is 27.7 Å². The number of unbranched alkanes of at least 4 members (excludes halogenated alkanes) is 13. The SMILES string of the molecule is CCCCC/C=C\C/C=C\C/C=C\CCCCCCCCC(=O)OC(COC(=O)CCCCCCC)COP(=O)([O-])OCC[N+](C)(C)C. The van der Waals surface area contributed by atoms with Crippen molar-refractivity contribution < 1.29 is 42.1 Å². The maximum atomic E-state index is 12.5. The average molecular weight is 700 g/mol. The molecule has 0 spiro atoms. The first kappa shape index (κ1) is 46.2. The number of likely N-dealkylation sites (N-methyl/N-ethyl adjacent to an activating group) is 1. The first-order valence-corrected chi connectivity index (χ1v) is 20.2. The fourth-order valence-electron chi connectivity index (χ4n) is 4.66. The minimum Gasteiger partial charge on any atom is -0.756 e. The van der Waals surface area contributed by atoms with E-state index in [-0.39, 0.29) is 26.1 Å². The third-order valence-electron chi connectivity index (χ3n) is 7.66. The number of esters is 2. The number of allylic oxidation sites excluding steroid dienone is 6. The summed E-state index contributed by atoms with van der Waals surface area (Å²) >= 11 is 0. The zero-order valence-corrected chi connectivity index (χ0v) is 32.1. The highest BCUT2D eigenvalue weighted by Crippen LogP contribution is 2.38. The number of hydrogen-bond donors (Lipinski definition) is 0. The van der Waals surface area contributed by atoms with E-state index in [9.17, 15) is 19.0 Å². The highest BCUT2D eigenvalue weighted by Gasteiger charge is 2.21. The lowest BCUT2D eigenvalue weighted by molar-refractivity contribution is -0.870. The van der Waals surface area contributed by atoms with Crippen LogP contribution >= 0.6 is 7.82 Å². The Bertz CT molecular complexity index is 928. The van der Waals surface area contributed by atoms with E-state index < -0.39 is 32.5 Å². The van der Waals surface area contributed by atoms with Gasteiger partial charge in [-0.2, -0.15) is 0 Å². The van der Waals surface area contributed by atoms with E-state index in [1.165, 1.54) is 25.7 Å². The van der Waals surface area contributed by atoms with Crippen LogP contribution in [0.1, 0.15) is 142 Å². The van der Waals surface area contributed by atoms with Crippen LogP contribution in [0.2, 0.25) is 0 Å². The maximum Gasteiger partial charge on any atom is 0.306 e. The summed E-state index contributed by atoms with van der Waals surface area (Å²) in [5.41, 5.74) is 0. The largest absolute Gasteiger partial charge is 0.756 e. The smallest absolute Gasteiger partial charge is 0.306 e. The summed E-state index contributed by atoms with van der Waals surface area (Å²) in [6.45, 7) is 4.06. The molecule has 0 amide bonds. The molecule has 0 bridgehead atoms. The van der Waals surface area contributed by atoms with Gasteiger partial charge in [0.1, 0.15) is 19.8 Å². The summed E-state index contributed by atoms with van der Waals surface area (Å²) in [6.07, 6.45) is 32.1. The predicted molar refractivity (Wildman–Crippen MR) is 194 cm³/mol. The maximum absolute atomic E-state index is 12.5. The molecule has 2 unspecified atom stereocenters. The second-order valence-electron chi connectivity index (χ2n) is 13.6. The van der Waals surface area contributed by atoms with Crippen molar-refractivity contribution in [3.63, 3.8) is 0 Å². The number of phosphoric acid groups is 1. The molecular weight excluding hydrogens is 629 g/mol. The first-order valence-electron chi connectivity index (χ1n) is 18.7. The number of hydrogen-bond acceptors (Lipinski definition) is 8. The fourth-order valence-corrected chi connectivity index (χ4v) is 5.39. The Labute approximate surface area is 293 Å². The molecule has 0 fully saturated rings. The van der Waals surface area contributed by atoms with Gasteiger partial charge < -0.3 is 27.9 Å². The van der Waals surface area contributed by atoms with Crippen LogP contribution in [0.15, 0.2) is 36.5 Å². The number of carbonyl (C=O) groups excluding carboxylic acids is 2. The molecule has 0 saturated heterocycles. The topological polar surface area (TPSA) is 111 Å². The molecule has 0 aromatic rings. The Morgan fingerprint density at radius 2 is 1.12 bits per heavy atom. The Kier molecular flexibility index (Phi) is 30.1. The van der Waals surface area contributed by atoms with Crippen molar-refractivity contribution in [2.45, 2.75) is 148 Å². The first-order chi connectivity index (χ1) is 23.0. The summed E-state index contributed by atoms with van der Waals surface area (Å²) in [5, 5.41) is 0. The highest BCUT2D eigenvalue weighted by molar-refractivity contribution is 7.45. The number of nitrogens with zero attached hydrogens (tertiary/aromatic N) is 1. The van der Waals surface area contributed by atoms with Gasteiger partial charge >= 0.3 is 11.9 Å². The van der Waals surface area contributed by atoms with Crippen LogP contribution in [0.3, 0.4) is 0 Å². The average Bonchev–Trinajstić information content (AvgIpc) is 3.02. The van der Waals surface area contributed by atoms with Gasteiger partial charge in [-0.05, 0) is 51.4 Å². The number of phosphoric ester groups is 1. The van der Waals surface area contributed by atoms with E-state index in [1.54, 1.807) is 0 Å². The van der Waals surface area contributed by atoms with Crippen molar-refractivity contribution in [3.8, 4) is 0 Å². The molecule has 48 heavy (non-hydrogen) atoms. The summed E-state index contributed by atoms with van der Waals surface area (Å²) in [4.78, 5) is 37.0. The van der Waals surface area contributed by atoms with Crippen molar-refractivity contribution in [2.24, 2.45) is 0 Å². The molecule has 0 aromatic heterocycles. The standard InChI is InChI=1S/C38H70NO8P/c1-6-8-10-12-13-14-15-16-17-18-19-20-21-22-23-24-25-27-29-31-38(41)47-36(34-44-37(40)30-28-26-11-9-7-2)35-46-48(42,43)45-33-32-39(3,4)5/h13-14,16-17,19-20,36H,6-12,15,18,21-35H2,1-5H3/b14-13-,17-16-,20-19-. The Morgan fingerprint density at radius 3 is 1.71 bits per heavy atom. The van der Waals surface area contributed by atoms with E-state index in [0.717, 1.165) is 83.5 Å². The van der Waals surface area contributed by atoms with E-state index in [0.29, 0.717) is 17.4 Å². The number of ether oxygens (including phenoxy) is 2. The molecule has 0 saturated carbocycles. The van der Waals surface area contributed by atoms with Crippen LogP contribution in [0, 0.1) is 0 Å². The van der Waals surface area contributed by atoms with Crippen molar-refractivity contribution in [2.75, 3.05) is 47.5 Å². The molecule has 0 aliphatic carbocycles. The Balaban J connectivity index is 4.32. The Morgan fingerprint density at radius 1 is 0.646 bits per heavy atom. The van der Waals surface area contributed by atoms with Gasteiger partial charge in [-0.3, -0.25) is 14.2 Å². The third kappa shape index (κ3) is 34.1. The van der Waals surface area contributed by atoms with Gasteiger partial charge in [-0.25, -0.2) is 0 Å². The molecule has 0 rings (SSSR count). The molecule has 0 aliphatic heterocycles. The van der Waals surface area contributed by atoms with Crippen molar-refractivity contribution in [3.05, 3.63) is 36.5 Å². The van der Waals surface area contributed by atoms with Gasteiger partial charge in [0, 0.05) is 12.8 Å². The number of rotatable bonds is 33. The summed E-state index contributed by atoms with van der Waals surface area (Å²) in [7, 11) is 1.15. The monoisotopic (exact) mass is 699 g/mol. The molecule has 0 N–H and O–H groups in total. The van der Waals surface area contributed by atoms with E-state index in [4.69, 9.17) is 18.5 Å². The molecule has 9 nitrogen and oxygen atoms in total. The molecule has 10 heteroatoms. The zero-order chi connectivity index (χ0) is 35.8. The van der Waals surface area contributed by atoms with Crippen LogP contribution in [-0.4, -0.2) is 70.0 Å².